The minimum absolute atomic E-state index is 0.0457. The number of nitrogen functional groups attached to an aromatic ring is 1. The molecule has 0 saturated carbocycles. The first-order valence-corrected chi connectivity index (χ1v) is 7.43. The molecule has 4 N–H and O–H groups in total. The lowest BCUT2D eigenvalue weighted by Crippen LogP contribution is -2.37. The number of anilines is 1. The van der Waals surface area contributed by atoms with Gasteiger partial charge in [0.1, 0.15) is 5.82 Å². The molecule has 1 aliphatic heterocycles. The average molecular weight is 296 g/mol. The molecule has 3 rings (SSSR count). The SMILES string of the molecule is CCC(O)C1C=C(C)C(c2cc3cnc(N)cc3cn2)=CN1. The van der Waals surface area contributed by atoms with Crippen LogP contribution in [0.3, 0.4) is 0 Å². The van der Waals surface area contributed by atoms with Gasteiger partial charge in [0.05, 0.1) is 17.8 Å². The predicted molar refractivity (Wildman–Crippen MR) is 88.9 cm³/mol. The maximum Gasteiger partial charge on any atom is 0.123 e. The van der Waals surface area contributed by atoms with Crippen molar-refractivity contribution in [3.8, 4) is 0 Å². The second-order valence-corrected chi connectivity index (χ2v) is 5.60. The first-order chi connectivity index (χ1) is 10.6. The van der Waals surface area contributed by atoms with E-state index in [1.165, 1.54) is 0 Å². The Kier molecular flexibility index (Phi) is 3.81. The smallest absolute Gasteiger partial charge is 0.123 e. The number of dihydropyridines is 1. The van der Waals surface area contributed by atoms with Crippen molar-refractivity contribution >= 4 is 22.2 Å². The summed E-state index contributed by atoms with van der Waals surface area (Å²) in [7, 11) is 0. The number of hydrogen-bond donors (Lipinski definition) is 3. The van der Waals surface area contributed by atoms with Crippen molar-refractivity contribution in [3.63, 3.8) is 0 Å². The Labute approximate surface area is 129 Å². The quantitative estimate of drug-likeness (QED) is 0.809. The Morgan fingerprint density at radius 2 is 2.00 bits per heavy atom. The molecule has 2 aromatic heterocycles. The van der Waals surface area contributed by atoms with Gasteiger partial charge in [-0.25, -0.2) is 4.98 Å². The monoisotopic (exact) mass is 296 g/mol. The fraction of sp³-hybridized carbons (Fsp3) is 0.294. The van der Waals surface area contributed by atoms with Crippen LogP contribution in [0.25, 0.3) is 16.3 Å². The van der Waals surface area contributed by atoms with Crippen LogP contribution < -0.4 is 11.1 Å². The van der Waals surface area contributed by atoms with Gasteiger partial charge >= 0.3 is 0 Å². The third-order valence-corrected chi connectivity index (χ3v) is 4.01. The van der Waals surface area contributed by atoms with Crippen LogP contribution in [0.4, 0.5) is 5.82 Å². The Balaban J connectivity index is 1.93. The lowest BCUT2D eigenvalue weighted by Gasteiger charge is -2.25. The molecule has 0 aromatic carbocycles. The van der Waals surface area contributed by atoms with E-state index in [1.54, 1.807) is 6.20 Å². The number of allylic oxidation sites excluding steroid dienone is 2. The van der Waals surface area contributed by atoms with Gasteiger partial charge in [-0.05, 0) is 31.1 Å². The van der Waals surface area contributed by atoms with Gasteiger partial charge in [0.2, 0.25) is 0 Å². The number of fused-ring (bicyclic) bond motifs is 1. The van der Waals surface area contributed by atoms with Crippen molar-refractivity contribution in [3.05, 3.63) is 48.1 Å². The van der Waals surface area contributed by atoms with Gasteiger partial charge in [0, 0.05) is 34.9 Å². The van der Waals surface area contributed by atoms with Crippen molar-refractivity contribution in [2.75, 3.05) is 5.73 Å². The zero-order valence-electron chi connectivity index (χ0n) is 12.7. The third kappa shape index (κ3) is 2.67. The molecule has 0 spiro atoms. The van der Waals surface area contributed by atoms with Gasteiger partial charge in [-0.2, -0.15) is 0 Å². The van der Waals surface area contributed by atoms with E-state index in [4.69, 9.17) is 5.73 Å². The highest BCUT2D eigenvalue weighted by atomic mass is 16.3. The molecule has 2 aromatic rings. The largest absolute Gasteiger partial charge is 0.391 e. The van der Waals surface area contributed by atoms with Crippen LogP contribution >= 0.6 is 0 Å². The summed E-state index contributed by atoms with van der Waals surface area (Å²) in [5.74, 6) is 0.494. The number of aliphatic hydroxyl groups excluding tert-OH is 1. The second kappa shape index (κ2) is 5.77. The van der Waals surface area contributed by atoms with Gasteiger partial charge in [0.15, 0.2) is 0 Å². The minimum Gasteiger partial charge on any atom is -0.391 e. The molecule has 0 radical (unpaired) electrons. The zero-order chi connectivity index (χ0) is 15.7. The summed E-state index contributed by atoms with van der Waals surface area (Å²) >= 11 is 0. The summed E-state index contributed by atoms with van der Waals surface area (Å²) in [6.45, 7) is 4.01. The highest BCUT2D eigenvalue weighted by Crippen LogP contribution is 2.27. The van der Waals surface area contributed by atoms with E-state index in [1.807, 2.05) is 38.4 Å². The number of nitrogens with zero attached hydrogens (tertiary/aromatic N) is 2. The standard InChI is InChI=1S/C17H20N4O/c1-3-16(22)15-4-10(2)13(9-20-15)14-5-11-8-21-17(18)6-12(11)7-19-14/h4-9,15-16,20,22H,3H2,1-2H3,(H2,18,21). The summed E-state index contributed by atoms with van der Waals surface area (Å²) in [6.07, 6.45) is 7.88. The lowest BCUT2D eigenvalue weighted by atomic mass is 9.95. The number of rotatable bonds is 3. The normalized spacial score (nSPS) is 19.3. The van der Waals surface area contributed by atoms with Crippen LogP contribution in [0.15, 0.2) is 42.4 Å². The van der Waals surface area contributed by atoms with E-state index < -0.39 is 0 Å². The van der Waals surface area contributed by atoms with Gasteiger partial charge in [-0.1, -0.05) is 13.0 Å². The third-order valence-electron chi connectivity index (χ3n) is 4.01. The number of hydrogen-bond acceptors (Lipinski definition) is 5. The fourth-order valence-corrected chi connectivity index (χ4v) is 2.65. The molecule has 0 aliphatic carbocycles. The number of pyridine rings is 2. The van der Waals surface area contributed by atoms with Crippen molar-refractivity contribution in [2.45, 2.75) is 32.4 Å². The van der Waals surface area contributed by atoms with Crippen LogP contribution in [-0.4, -0.2) is 27.2 Å². The van der Waals surface area contributed by atoms with Crippen LogP contribution in [0.1, 0.15) is 26.0 Å². The molecule has 5 nitrogen and oxygen atoms in total. The van der Waals surface area contributed by atoms with E-state index >= 15 is 0 Å². The van der Waals surface area contributed by atoms with Crippen LogP contribution in [-0.2, 0) is 0 Å². The van der Waals surface area contributed by atoms with Gasteiger partial charge in [-0.15, -0.1) is 0 Å². The van der Waals surface area contributed by atoms with Gasteiger partial charge < -0.3 is 16.2 Å². The Bertz CT molecular complexity index is 766. The number of aromatic nitrogens is 2. The number of nitrogens with one attached hydrogen (secondary N) is 1. The minimum atomic E-state index is -0.385. The zero-order valence-corrected chi connectivity index (χ0v) is 12.7. The Hall–Kier alpha value is -2.40. The molecule has 5 heteroatoms. The molecule has 2 atom stereocenters. The molecule has 0 saturated heterocycles. The fourth-order valence-electron chi connectivity index (χ4n) is 2.65. The van der Waals surface area contributed by atoms with Crippen LogP contribution in [0.5, 0.6) is 0 Å². The van der Waals surface area contributed by atoms with E-state index in [-0.39, 0.29) is 12.1 Å². The maximum absolute atomic E-state index is 9.95. The summed E-state index contributed by atoms with van der Waals surface area (Å²) in [6, 6.07) is 3.77. The van der Waals surface area contributed by atoms with Crippen molar-refractivity contribution in [2.24, 2.45) is 0 Å². The van der Waals surface area contributed by atoms with Crippen molar-refractivity contribution in [1.82, 2.24) is 15.3 Å². The molecule has 3 heterocycles. The molecule has 0 amide bonds. The summed E-state index contributed by atoms with van der Waals surface area (Å²) in [5, 5.41) is 15.2. The molecular formula is C17H20N4O. The van der Waals surface area contributed by atoms with Gasteiger partial charge in [0.25, 0.3) is 0 Å². The molecule has 22 heavy (non-hydrogen) atoms. The lowest BCUT2D eigenvalue weighted by molar-refractivity contribution is 0.146. The first kappa shape index (κ1) is 14.5. The molecular weight excluding hydrogens is 276 g/mol. The van der Waals surface area contributed by atoms with E-state index in [0.29, 0.717) is 12.2 Å². The second-order valence-electron chi connectivity index (χ2n) is 5.60. The maximum atomic E-state index is 9.95. The van der Waals surface area contributed by atoms with E-state index in [9.17, 15) is 5.11 Å². The first-order valence-electron chi connectivity index (χ1n) is 7.43. The van der Waals surface area contributed by atoms with Crippen molar-refractivity contribution < 1.29 is 5.11 Å². The molecule has 114 valence electrons. The van der Waals surface area contributed by atoms with E-state index in [0.717, 1.165) is 27.6 Å². The van der Waals surface area contributed by atoms with Crippen molar-refractivity contribution in [1.29, 1.82) is 0 Å². The Morgan fingerprint density at radius 3 is 2.73 bits per heavy atom. The van der Waals surface area contributed by atoms with Gasteiger partial charge in [-0.3, -0.25) is 4.98 Å². The van der Waals surface area contributed by atoms with E-state index in [2.05, 4.69) is 21.4 Å². The molecule has 1 aliphatic rings. The molecule has 0 fully saturated rings. The molecule has 2 unspecified atom stereocenters. The number of aliphatic hydroxyl groups is 1. The topological polar surface area (TPSA) is 84.1 Å². The average Bonchev–Trinajstić information content (AvgIpc) is 2.53. The predicted octanol–water partition coefficient (Wildman–Crippen LogP) is 2.24. The summed E-state index contributed by atoms with van der Waals surface area (Å²) < 4.78 is 0. The highest BCUT2D eigenvalue weighted by molar-refractivity contribution is 5.87. The highest BCUT2D eigenvalue weighted by Gasteiger charge is 2.19. The Morgan fingerprint density at radius 1 is 1.27 bits per heavy atom. The van der Waals surface area contributed by atoms with Crippen LogP contribution in [0, 0.1) is 0 Å². The van der Waals surface area contributed by atoms with Crippen LogP contribution in [0.2, 0.25) is 0 Å². The summed E-state index contributed by atoms with van der Waals surface area (Å²) in [4.78, 5) is 8.64. The summed E-state index contributed by atoms with van der Waals surface area (Å²) in [5.41, 5.74) is 8.70. The number of nitrogens with two attached hydrogens (primary N) is 1. The molecule has 0 bridgehead atoms.